The molecule has 1 aromatic heterocycles. The predicted molar refractivity (Wildman–Crippen MR) is 90.1 cm³/mol. The molecule has 0 saturated heterocycles. The van der Waals surface area contributed by atoms with E-state index in [1.807, 2.05) is 0 Å². The molecule has 0 fully saturated rings. The molecule has 0 amide bonds. The van der Waals surface area contributed by atoms with E-state index in [4.69, 9.17) is 13.9 Å². The van der Waals surface area contributed by atoms with E-state index >= 15 is 0 Å². The van der Waals surface area contributed by atoms with Crippen LogP contribution in [0.5, 0.6) is 17.2 Å². The Morgan fingerprint density at radius 1 is 1.08 bits per heavy atom. The van der Waals surface area contributed by atoms with Gasteiger partial charge in [0.05, 0.1) is 5.39 Å². The van der Waals surface area contributed by atoms with Crippen LogP contribution in [0, 0.1) is 0 Å². The summed E-state index contributed by atoms with van der Waals surface area (Å²) < 4.78 is 15.6. The number of hydrogen-bond acceptors (Lipinski definition) is 6. The SMILES string of the molecule is O=C(/C=C/c1ccc2c(c1)OCO2)c1c(O)c2ccccc2oc1=O. The van der Waals surface area contributed by atoms with Gasteiger partial charge < -0.3 is 19.0 Å². The number of fused-ring (bicyclic) bond motifs is 2. The Labute approximate surface area is 141 Å². The minimum atomic E-state index is -0.878. The van der Waals surface area contributed by atoms with Crippen LogP contribution >= 0.6 is 0 Å². The van der Waals surface area contributed by atoms with E-state index in [1.165, 1.54) is 12.2 Å². The molecule has 3 aromatic rings. The van der Waals surface area contributed by atoms with Crippen molar-refractivity contribution >= 4 is 22.8 Å². The van der Waals surface area contributed by atoms with E-state index < -0.39 is 17.0 Å². The van der Waals surface area contributed by atoms with Gasteiger partial charge in [0.25, 0.3) is 0 Å². The number of carbonyl (C=O) groups excluding carboxylic acids is 1. The van der Waals surface area contributed by atoms with E-state index in [1.54, 1.807) is 42.5 Å². The molecule has 0 unspecified atom stereocenters. The number of rotatable bonds is 3. The fourth-order valence-electron chi connectivity index (χ4n) is 2.62. The molecule has 0 saturated carbocycles. The van der Waals surface area contributed by atoms with Crippen molar-refractivity contribution in [2.24, 2.45) is 0 Å². The maximum Gasteiger partial charge on any atom is 0.351 e. The second kappa shape index (κ2) is 5.83. The molecule has 1 aliphatic rings. The van der Waals surface area contributed by atoms with Crippen molar-refractivity contribution in [3.05, 3.63) is 70.1 Å². The lowest BCUT2D eigenvalue weighted by molar-refractivity contribution is 0.104. The van der Waals surface area contributed by atoms with Crippen LogP contribution in [0.3, 0.4) is 0 Å². The van der Waals surface area contributed by atoms with Crippen molar-refractivity contribution in [1.82, 2.24) is 0 Å². The van der Waals surface area contributed by atoms with Gasteiger partial charge in [0, 0.05) is 0 Å². The summed E-state index contributed by atoms with van der Waals surface area (Å²) in [5, 5.41) is 10.6. The van der Waals surface area contributed by atoms with Crippen LogP contribution in [-0.4, -0.2) is 17.7 Å². The molecule has 2 aromatic carbocycles. The van der Waals surface area contributed by atoms with Gasteiger partial charge in [-0.1, -0.05) is 24.3 Å². The van der Waals surface area contributed by atoms with E-state index in [9.17, 15) is 14.7 Å². The summed E-state index contributed by atoms with van der Waals surface area (Å²) in [5.74, 6) is 0.195. The molecular weight excluding hydrogens is 324 g/mol. The fourth-order valence-corrected chi connectivity index (χ4v) is 2.62. The molecule has 0 radical (unpaired) electrons. The van der Waals surface area contributed by atoms with Crippen LogP contribution < -0.4 is 15.1 Å². The number of carbonyl (C=O) groups is 1. The van der Waals surface area contributed by atoms with Crippen molar-refractivity contribution < 1.29 is 23.8 Å². The van der Waals surface area contributed by atoms with Gasteiger partial charge in [0.2, 0.25) is 6.79 Å². The van der Waals surface area contributed by atoms with Gasteiger partial charge in [0.15, 0.2) is 17.3 Å². The topological polar surface area (TPSA) is 86.0 Å². The standard InChI is InChI=1S/C19H12O6/c20-13(7-5-11-6-8-15-16(9-11)24-10-23-15)17-18(21)12-3-1-2-4-14(12)25-19(17)22/h1-9,21H,10H2/b7-5+. The Morgan fingerprint density at radius 2 is 1.88 bits per heavy atom. The first-order valence-corrected chi connectivity index (χ1v) is 7.50. The van der Waals surface area contributed by atoms with Gasteiger partial charge in [-0.2, -0.15) is 0 Å². The number of ether oxygens (including phenoxy) is 2. The monoisotopic (exact) mass is 336 g/mol. The van der Waals surface area contributed by atoms with Crippen molar-refractivity contribution in [3.8, 4) is 17.2 Å². The molecule has 1 aliphatic heterocycles. The molecule has 6 heteroatoms. The zero-order valence-electron chi connectivity index (χ0n) is 12.9. The van der Waals surface area contributed by atoms with Gasteiger partial charge in [-0.15, -0.1) is 0 Å². The second-order valence-corrected chi connectivity index (χ2v) is 5.42. The molecule has 0 spiro atoms. The molecule has 0 aliphatic carbocycles. The molecule has 2 heterocycles. The highest BCUT2D eigenvalue weighted by atomic mass is 16.7. The van der Waals surface area contributed by atoms with E-state index in [0.717, 1.165) is 0 Å². The summed E-state index contributed by atoms with van der Waals surface area (Å²) in [6, 6.07) is 11.7. The summed E-state index contributed by atoms with van der Waals surface area (Å²) >= 11 is 0. The summed E-state index contributed by atoms with van der Waals surface area (Å²) in [6.07, 6.45) is 2.73. The average molecular weight is 336 g/mol. The molecule has 1 N–H and O–H groups in total. The van der Waals surface area contributed by atoms with E-state index in [2.05, 4.69) is 0 Å². The Bertz CT molecular complexity index is 1080. The van der Waals surface area contributed by atoms with Crippen LogP contribution in [0.15, 0.2) is 57.8 Å². The van der Waals surface area contributed by atoms with Crippen LogP contribution in [-0.2, 0) is 0 Å². The van der Waals surface area contributed by atoms with Crippen LogP contribution in [0.2, 0.25) is 0 Å². The van der Waals surface area contributed by atoms with Gasteiger partial charge in [-0.05, 0) is 35.9 Å². The highest BCUT2D eigenvalue weighted by Crippen LogP contribution is 2.33. The first-order valence-electron chi connectivity index (χ1n) is 7.50. The van der Waals surface area contributed by atoms with Crippen molar-refractivity contribution in [2.75, 3.05) is 6.79 Å². The Morgan fingerprint density at radius 3 is 2.76 bits per heavy atom. The maximum absolute atomic E-state index is 12.4. The smallest absolute Gasteiger partial charge is 0.351 e. The third-order valence-electron chi connectivity index (χ3n) is 3.86. The van der Waals surface area contributed by atoms with Gasteiger partial charge in [0.1, 0.15) is 16.9 Å². The van der Waals surface area contributed by atoms with Crippen LogP contribution in [0.4, 0.5) is 0 Å². The Hall–Kier alpha value is -3.54. The first-order chi connectivity index (χ1) is 12.1. The molecule has 124 valence electrons. The fraction of sp³-hybridized carbons (Fsp3) is 0.0526. The molecule has 0 bridgehead atoms. The van der Waals surface area contributed by atoms with Crippen molar-refractivity contribution in [1.29, 1.82) is 0 Å². The average Bonchev–Trinajstić information content (AvgIpc) is 3.07. The van der Waals surface area contributed by atoms with Crippen molar-refractivity contribution in [2.45, 2.75) is 0 Å². The largest absolute Gasteiger partial charge is 0.506 e. The quantitative estimate of drug-likeness (QED) is 0.449. The minimum Gasteiger partial charge on any atom is -0.506 e. The number of para-hydroxylation sites is 1. The molecular formula is C19H12O6. The maximum atomic E-state index is 12.4. The zero-order valence-corrected chi connectivity index (χ0v) is 12.9. The lowest BCUT2D eigenvalue weighted by Crippen LogP contribution is -2.12. The third kappa shape index (κ3) is 2.63. The Balaban J connectivity index is 1.69. The van der Waals surface area contributed by atoms with Crippen molar-refractivity contribution in [3.63, 3.8) is 0 Å². The third-order valence-corrected chi connectivity index (χ3v) is 3.86. The van der Waals surface area contributed by atoms with Gasteiger partial charge in [-0.25, -0.2) is 4.79 Å². The number of allylic oxidation sites excluding steroid dienone is 1. The van der Waals surface area contributed by atoms with E-state index in [0.29, 0.717) is 22.4 Å². The lowest BCUT2D eigenvalue weighted by Gasteiger charge is -2.03. The number of hydrogen-bond donors (Lipinski definition) is 1. The van der Waals surface area contributed by atoms with Gasteiger partial charge in [-0.3, -0.25) is 4.79 Å². The predicted octanol–water partition coefficient (Wildman–Crippen LogP) is 3.12. The summed E-state index contributed by atoms with van der Waals surface area (Å²) in [7, 11) is 0. The Kier molecular flexibility index (Phi) is 3.50. The minimum absolute atomic E-state index is 0.160. The molecule has 6 nitrogen and oxygen atoms in total. The summed E-state index contributed by atoms with van der Waals surface area (Å²) in [6.45, 7) is 0.160. The van der Waals surface area contributed by atoms with Crippen LogP contribution in [0.25, 0.3) is 17.0 Å². The lowest BCUT2D eigenvalue weighted by atomic mass is 10.1. The normalized spacial score (nSPS) is 12.8. The summed E-state index contributed by atoms with van der Waals surface area (Å²) in [4.78, 5) is 24.4. The molecule has 0 atom stereocenters. The number of ketones is 1. The highest BCUT2D eigenvalue weighted by molar-refractivity contribution is 6.10. The number of aromatic hydroxyl groups is 1. The van der Waals surface area contributed by atoms with Gasteiger partial charge >= 0.3 is 5.63 Å². The second-order valence-electron chi connectivity index (χ2n) is 5.42. The summed E-state index contributed by atoms with van der Waals surface area (Å²) in [5.41, 5.74) is -0.351. The molecule has 25 heavy (non-hydrogen) atoms. The van der Waals surface area contributed by atoms with Crippen LogP contribution in [0.1, 0.15) is 15.9 Å². The highest BCUT2D eigenvalue weighted by Gasteiger charge is 2.19. The molecule has 4 rings (SSSR count). The first kappa shape index (κ1) is 15.0. The number of benzene rings is 2. The van der Waals surface area contributed by atoms with E-state index in [-0.39, 0.29) is 18.1 Å². The zero-order chi connectivity index (χ0) is 17.4.